The van der Waals surface area contributed by atoms with Gasteiger partial charge < -0.3 is 9.80 Å². The van der Waals surface area contributed by atoms with Crippen molar-refractivity contribution < 1.29 is 0 Å². The van der Waals surface area contributed by atoms with Crippen LogP contribution in [0.2, 0.25) is 0 Å². The zero-order chi connectivity index (χ0) is 51.6. The molecule has 0 amide bonds. The number of benzene rings is 13. The van der Waals surface area contributed by atoms with Gasteiger partial charge in [-0.15, -0.1) is 0 Å². The topological polar surface area (TPSA) is 32.3 Å². The molecule has 1 aromatic heterocycles. The summed E-state index contributed by atoms with van der Waals surface area (Å²) in [7, 11) is 0. The minimum atomic E-state index is -0.143. The van der Waals surface area contributed by atoms with E-state index in [1.54, 1.807) is 0 Å². The van der Waals surface area contributed by atoms with E-state index in [-0.39, 0.29) is 17.5 Å². The summed E-state index contributed by atoms with van der Waals surface area (Å²) in [5, 5.41) is 16.3. The van der Waals surface area contributed by atoms with Crippen LogP contribution in [-0.2, 0) is 10.8 Å². The van der Waals surface area contributed by atoms with Gasteiger partial charge in [0, 0.05) is 61.4 Å². The van der Waals surface area contributed by atoms with E-state index in [1.165, 1.54) is 104 Å². The number of nitrogens with zero attached hydrogens (tertiary/aromatic N) is 4. The van der Waals surface area contributed by atoms with E-state index in [0.29, 0.717) is 5.82 Å². The fraction of sp³-hybridized carbons (Fsp3) is 0.111. The molecule has 13 aromatic carbocycles. The molecule has 364 valence electrons. The predicted molar refractivity (Wildman–Crippen MR) is 329 cm³/mol. The van der Waals surface area contributed by atoms with Crippen LogP contribution in [0.15, 0.2) is 212 Å². The number of aromatic nitrogens is 2. The van der Waals surface area contributed by atoms with Crippen LogP contribution in [0.1, 0.15) is 52.7 Å². The molecule has 0 saturated heterocycles. The SMILES string of the molecule is CC(C)(C)c1ccc(N2c3cc(-c4nc(-c5ccccc5)c5ccccc5n4)cc4c3B(c3cc5ccc6cccc7ccc(c32)c5c67)c2cc3ccc5cccc6ccc(c2N4c2ccc(C(C)(C)C)cc2)c3c56)cc1. The van der Waals surface area contributed by atoms with Gasteiger partial charge in [0.2, 0.25) is 0 Å². The second-order valence-electron chi connectivity index (χ2n) is 23.7. The third-order valence-corrected chi connectivity index (χ3v) is 17.2. The molecule has 0 aliphatic carbocycles. The molecule has 0 atom stereocenters. The maximum Gasteiger partial charge on any atom is 0.252 e. The van der Waals surface area contributed by atoms with E-state index < -0.39 is 0 Å². The molecule has 16 rings (SSSR count). The van der Waals surface area contributed by atoms with Crippen molar-refractivity contribution >= 4 is 133 Å². The van der Waals surface area contributed by atoms with E-state index in [4.69, 9.17) is 9.97 Å². The summed E-state index contributed by atoms with van der Waals surface area (Å²) < 4.78 is 0. The Morgan fingerprint density at radius 3 is 1.31 bits per heavy atom. The van der Waals surface area contributed by atoms with Gasteiger partial charge in [0.1, 0.15) is 0 Å². The van der Waals surface area contributed by atoms with Crippen molar-refractivity contribution in [3.63, 3.8) is 0 Å². The fourth-order valence-electron chi connectivity index (χ4n) is 13.5. The van der Waals surface area contributed by atoms with Gasteiger partial charge in [0.25, 0.3) is 6.71 Å². The number of rotatable bonds is 4. The number of hydrogen-bond donors (Lipinski definition) is 0. The predicted octanol–water partition coefficient (Wildman–Crippen LogP) is 17.4. The summed E-state index contributed by atoms with van der Waals surface area (Å²) in [6.07, 6.45) is 0. The fourth-order valence-corrected chi connectivity index (χ4v) is 13.5. The zero-order valence-electron chi connectivity index (χ0n) is 44.1. The third-order valence-electron chi connectivity index (χ3n) is 17.2. The average molecular weight is 985 g/mol. The lowest BCUT2D eigenvalue weighted by Gasteiger charge is -2.45. The number of anilines is 6. The lowest BCUT2D eigenvalue weighted by Crippen LogP contribution is -2.61. The molecular formula is C72H53BN4. The molecule has 2 aliphatic heterocycles. The Kier molecular flexibility index (Phi) is 9.05. The molecule has 14 aromatic rings. The highest BCUT2D eigenvalue weighted by atomic mass is 15.2. The maximum absolute atomic E-state index is 5.63. The zero-order valence-corrected chi connectivity index (χ0v) is 44.1. The van der Waals surface area contributed by atoms with Gasteiger partial charge in [-0.05, 0) is 135 Å². The molecule has 77 heavy (non-hydrogen) atoms. The first kappa shape index (κ1) is 44.3. The highest BCUT2D eigenvalue weighted by Crippen LogP contribution is 2.52. The molecule has 5 heteroatoms. The molecular weight excluding hydrogens is 932 g/mol. The van der Waals surface area contributed by atoms with Crippen LogP contribution in [0.4, 0.5) is 34.1 Å². The van der Waals surface area contributed by atoms with Crippen LogP contribution >= 0.6 is 0 Å². The number of fused-ring (bicyclic) bond motifs is 7. The summed E-state index contributed by atoms with van der Waals surface area (Å²) in [5.74, 6) is 0.687. The lowest BCUT2D eigenvalue weighted by molar-refractivity contribution is 0.590. The summed E-state index contributed by atoms with van der Waals surface area (Å²) in [4.78, 5) is 16.3. The van der Waals surface area contributed by atoms with Crippen LogP contribution in [0.5, 0.6) is 0 Å². The molecule has 0 fully saturated rings. The molecule has 2 aliphatic rings. The van der Waals surface area contributed by atoms with E-state index >= 15 is 0 Å². The van der Waals surface area contributed by atoms with Crippen molar-refractivity contribution in [1.29, 1.82) is 0 Å². The van der Waals surface area contributed by atoms with Crippen molar-refractivity contribution in [2.24, 2.45) is 0 Å². The Morgan fingerprint density at radius 2 is 0.818 bits per heavy atom. The average Bonchev–Trinajstić information content (AvgIpc) is 3.64. The van der Waals surface area contributed by atoms with Crippen LogP contribution < -0.4 is 26.2 Å². The van der Waals surface area contributed by atoms with Crippen LogP contribution in [0, 0.1) is 0 Å². The van der Waals surface area contributed by atoms with Crippen LogP contribution in [-0.4, -0.2) is 16.7 Å². The minimum absolute atomic E-state index is 0.0248. The van der Waals surface area contributed by atoms with Gasteiger partial charge in [-0.2, -0.15) is 0 Å². The van der Waals surface area contributed by atoms with E-state index in [9.17, 15) is 0 Å². The second kappa shape index (κ2) is 15.8. The van der Waals surface area contributed by atoms with Crippen molar-refractivity contribution in [2.75, 3.05) is 9.80 Å². The maximum atomic E-state index is 5.63. The first-order chi connectivity index (χ1) is 37.4. The van der Waals surface area contributed by atoms with Gasteiger partial charge in [-0.3, -0.25) is 0 Å². The molecule has 0 radical (unpaired) electrons. The first-order valence-electron chi connectivity index (χ1n) is 27.2. The van der Waals surface area contributed by atoms with E-state index in [1.807, 2.05) is 0 Å². The summed E-state index contributed by atoms with van der Waals surface area (Å²) in [6, 6.07) is 80.1. The normalized spacial score (nSPS) is 13.5. The highest BCUT2D eigenvalue weighted by Gasteiger charge is 2.46. The smallest absolute Gasteiger partial charge is 0.252 e. The lowest BCUT2D eigenvalue weighted by atomic mass is 9.33. The van der Waals surface area contributed by atoms with Crippen molar-refractivity contribution in [3.05, 3.63) is 223 Å². The minimum Gasteiger partial charge on any atom is -0.311 e. The first-order valence-corrected chi connectivity index (χ1v) is 27.2. The molecule has 0 unspecified atom stereocenters. The quantitative estimate of drug-likeness (QED) is 0.130. The largest absolute Gasteiger partial charge is 0.311 e. The molecule has 0 N–H and O–H groups in total. The summed E-state index contributed by atoms with van der Waals surface area (Å²) in [6.45, 7) is 13.7. The molecule has 0 saturated carbocycles. The second-order valence-corrected chi connectivity index (χ2v) is 23.7. The molecule has 0 spiro atoms. The van der Waals surface area contributed by atoms with E-state index in [0.717, 1.165) is 50.5 Å². The Morgan fingerprint density at radius 1 is 0.364 bits per heavy atom. The van der Waals surface area contributed by atoms with Crippen LogP contribution in [0.25, 0.3) is 98.2 Å². The Balaban J connectivity index is 1.09. The van der Waals surface area contributed by atoms with Gasteiger partial charge in [-0.25, -0.2) is 9.97 Å². The standard InChI is InChI=1S/C72H53BN4/c1-71(2,3)50-28-32-52(33-29-50)76-60-40-49(70-74-59-21-11-10-20-54(59)67(75-70)46-14-8-7-9-15-46)41-61-66(60)73(57-38-47-24-22-42-16-12-18-44-26-36-55(68(57)76)64(47)62(42)44)58-39-48-25-23-43-17-13-19-45-27-37-56(65(48)63(43)45)69(58)77(61)53-34-30-51(31-35-53)72(4,5)6/h7-41H,1-6H3. The van der Waals surface area contributed by atoms with Gasteiger partial charge in [0.15, 0.2) is 5.82 Å². The van der Waals surface area contributed by atoms with Crippen LogP contribution in [0.3, 0.4) is 0 Å². The number of hydrogen-bond acceptors (Lipinski definition) is 4. The van der Waals surface area contributed by atoms with Crippen molar-refractivity contribution in [1.82, 2.24) is 9.97 Å². The van der Waals surface area contributed by atoms with Crippen molar-refractivity contribution in [3.8, 4) is 22.6 Å². The Bertz CT molecular complexity index is 4490. The van der Waals surface area contributed by atoms with Crippen molar-refractivity contribution in [2.45, 2.75) is 52.4 Å². The monoisotopic (exact) mass is 984 g/mol. The summed E-state index contributed by atoms with van der Waals surface area (Å²) in [5.41, 5.74) is 17.1. The highest BCUT2D eigenvalue weighted by molar-refractivity contribution is 7.01. The molecule has 0 bridgehead atoms. The molecule has 4 nitrogen and oxygen atoms in total. The Hall–Kier alpha value is -9.06. The van der Waals surface area contributed by atoms with Gasteiger partial charge in [0.05, 0.1) is 11.2 Å². The van der Waals surface area contributed by atoms with Gasteiger partial charge in [-0.1, -0.05) is 211 Å². The third kappa shape index (κ3) is 6.41. The molecule has 3 heterocycles. The Labute approximate surface area is 448 Å². The summed E-state index contributed by atoms with van der Waals surface area (Å²) >= 11 is 0. The van der Waals surface area contributed by atoms with Gasteiger partial charge >= 0.3 is 0 Å². The number of para-hydroxylation sites is 1. The van der Waals surface area contributed by atoms with E-state index in [2.05, 4.69) is 264 Å².